The highest BCUT2D eigenvalue weighted by atomic mass is 16.5. The average Bonchev–Trinajstić information content (AvgIpc) is 2.59. The molecular weight excluding hydrogens is 288 g/mol. The van der Waals surface area contributed by atoms with Gasteiger partial charge in [-0.1, -0.05) is 42.5 Å². The lowest BCUT2D eigenvalue weighted by molar-refractivity contribution is -0.141. The van der Waals surface area contributed by atoms with E-state index in [1.165, 1.54) is 6.92 Å². The minimum Gasteiger partial charge on any atom is -0.464 e. The van der Waals surface area contributed by atoms with E-state index in [0.717, 1.165) is 24.1 Å². The van der Waals surface area contributed by atoms with Crippen molar-refractivity contribution in [3.05, 3.63) is 71.3 Å². The standard InChI is InChI=1S/C19H20N2O2/c1-15(22)23-14-19(18-5-3-2-4-6-18)21-12-11-16-7-9-17(13-20)10-8-16/h2-10,19,21H,11-12,14H2,1H3. The summed E-state index contributed by atoms with van der Waals surface area (Å²) in [5.41, 5.74) is 2.92. The van der Waals surface area contributed by atoms with Crippen LogP contribution in [0.2, 0.25) is 0 Å². The van der Waals surface area contributed by atoms with Gasteiger partial charge in [-0.2, -0.15) is 5.26 Å². The molecule has 118 valence electrons. The van der Waals surface area contributed by atoms with E-state index in [1.54, 1.807) is 0 Å². The Morgan fingerprint density at radius 2 is 1.87 bits per heavy atom. The molecule has 0 amide bonds. The zero-order chi connectivity index (χ0) is 16.5. The summed E-state index contributed by atoms with van der Waals surface area (Å²) in [6, 6.07) is 19.6. The molecule has 4 nitrogen and oxygen atoms in total. The number of ether oxygens (including phenoxy) is 1. The van der Waals surface area contributed by atoms with E-state index in [1.807, 2.05) is 54.6 Å². The Morgan fingerprint density at radius 1 is 1.17 bits per heavy atom. The van der Waals surface area contributed by atoms with E-state index in [0.29, 0.717) is 12.2 Å². The van der Waals surface area contributed by atoms with Gasteiger partial charge in [0, 0.05) is 6.92 Å². The van der Waals surface area contributed by atoms with Crippen molar-refractivity contribution in [2.75, 3.05) is 13.2 Å². The molecular formula is C19H20N2O2. The monoisotopic (exact) mass is 308 g/mol. The molecule has 0 spiro atoms. The number of carbonyl (C=O) groups excluding carboxylic acids is 1. The number of esters is 1. The minimum absolute atomic E-state index is 0.0292. The quantitative estimate of drug-likeness (QED) is 0.799. The summed E-state index contributed by atoms with van der Waals surface area (Å²) in [5.74, 6) is -0.278. The molecule has 4 heteroatoms. The van der Waals surface area contributed by atoms with Crippen molar-refractivity contribution in [1.82, 2.24) is 5.32 Å². The highest BCUT2D eigenvalue weighted by molar-refractivity contribution is 5.65. The molecule has 0 fully saturated rings. The molecule has 0 heterocycles. The van der Waals surface area contributed by atoms with Crippen LogP contribution in [0, 0.1) is 11.3 Å². The van der Waals surface area contributed by atoms with Crippen molar-refractivity contribution < 1.29 is 9.53 Å². The fraction of sp³-hybridized carbons (Fsp3) is 0.263. The van der Waals surface area contributed by atoms with Crippen molar-refractivity contribution in [2.45, 2.75) is 19.4 Å². The molecule has 2 aromatic rings. The second-order valence-corrected chi connectivity index (χ2v) is 5.28. The van der Waals surface area contributed by atoms with Gasteiger partial charge in [-0.15, -0.1) is 0 Å². The van der Waals surface area contributed by atoms with Crippen molar-refractivity contribution in [2.24, 2.45) is 0 Å². The molecule has 1 unspecified atom stereocenters. The zero-order valence-electron chi connectivity index (χ0n) is 13.2. The highest BCUT2D eigenvalue weighted by Crippen LogP contribution is 2.13. The number of carbonyl (C=O) groups is 1. The van der Waals surface area contributed by atoms with Gasteiger partial charge in [0.05, 0.1) is 17.7 Å². The van der Waals surface area contributed by atoms with Gasteiger partial charge < -0.3 is 10.1 Å². The number of nitriles is 1. The highest BCUT2D eigenvalue weighted by Gasteiger charge is 2.12. The molecule has 1 atom stereocenters. The number of nitrogens with zero attached hydrogens (tertiary/aromatic N) is 1. The van der Waals surface area contributed by atoms with Crippen molar-refractivity contribution in [3.63, 3.8) is 0 Å². The first-order chi connectivity index (χ1) is 11.2. The van der Waals surface area contributed by atoms with Crippen LogP contribution in [0.4, 0.5) is 0 Å². The van der Waals surface area contributed by atoms with E-state index >= 15 is 0 Å². The molecule has 1 N–H and O–H groups in total. The molecule has 0 radical (unpaired) electrons. The summed E-state index contributed by atoms with van der Waals surface area (Å²) in [6.07, 6.45) is 0.842. The lowest BCUT2D eigenvalue weighted by Gasteiger charge is -2.19. The molecule has 2 aromatic carbocycles. The predicted octanol–water partition coefficient (Wildman–Crippen LogP) is 2.99. The van der Waals surface area contributed by atoms with E-state index in [-0.39, 0.29) is 12.0 Å². The molecule has 0 aliphatic carbocycles. The summed E-state index contributed by atoms with van der Waals surface area (Å²) in [7, 11) is 0. The van der Waals surface area contributed by atoms with Crippen LogP contribution in [0.25, 0.3) is 0 Å². The van der Waals surface area contributed by atoms with Crippen LogP contribution in [-0.4, -0.2) is 19.1 Å². The third-order valence-electron chi connectivity index (χ3n) is 3.54. The largest absolute Gasteiger partial charge is 0.464 e. The van der Waals surface area contributed by atoms with Crippen LogP contribution in [0.3, 0.4) is 0 Å². The summed E-state index contributed by atoms with van der Waals surface area (Å²) in [4.78, 5) is 11.1. The maximum Gasteiger partial charge on any atom is 0.302 e. The van der Waals surface area contributed by atoms with Crippen LogP contribution in [-0.2, 0) is 16.0 Å². The second-order valence-electron chi connectivity index (χ2n) is 5.28. The summed E-state index contributed by atoms with van der Waals surface area (Å²) in [5, 5.41) is 12.2. The average molecular weight is 308 g/mol. The van der Waals surface area contributed by atoms with E-state index in [4.69, 9.17) is 10.00 Å². The summed E-state index contributed by atoms with van der Waals surface area (Å²) < 4.78 is 5.15. The van der Waals surface area contributed by atoms with Gasteiger partial charge in [0.2, 0.25) is 0 Å². The number of hydrogen-bond acceptors (Lipinski definition) is 4. The molecule has 0 aliphatic rings. The normalized spacial score (nSPS) is 11.5. The molecule has 23 heavy (non-hydrogen) atoms. The fourth-order valence-electron chi connectivity index (χ4n) is 2.30. The molecule has 2 rings (SSSR count). The molecule has 0 saturated heterocycles. The van der Waals surface area contributed by atoms with E-state index in [9.17, 15) is 4.79 Å². The Labute approximate surface area is 136 Å². The van der Waals surface area contributed by atoms with Crippen LogP contribution >= 0.6 is 0 Å². The Hall–Kier alpha value is -2.64. The minimum atomic E-state index is -0.278. The Morgan fingerprint density at radius 3 is 2.48 bits per heavy atom. The second kappa shape index (κ2) is 8.72. The van der Waals surface area contributed by atoms with Crippen LogP contribution in [0.1, 0.15) is 29.7 Å². The van der Waals surface area contributed by atoms with Crippen molar-refractivity contribution in [3.8, 4) is 6.07 Å². The third kappa shape index (κ3) is 5.57. The van der Waals surface area contributed by atoms with Gasteiger partial charge in [-0.05, 0) is 36.2 Å². The zero-order valence-corrected chi connectivity index (χ0v) is 13.2. The Balaban J connectivity index is 1.92. The van der Waals surface area contributed by atoms with Crippen LogP contribution in [0.5, 0.6) is 0 Å². The first kappa shape index (κ1) is 16.7. The number of nitrogens with one attached hydrogen (secondary N) is 1. The first-order valence-corrected chi connectivity index (χ1v) is 7.60. The van der Waals surface area contributed by atoms with Crippen LogP contribution in [0.15, 0.2) is 54.6 Å². The van der Waals surface area contributed by atoms with E-state index in [2.05, 4.69) is 11.4 Å². The van der Waals surface area contributed by atoms with Crippen molar-refractivity contribution >= 4 is 5.97 Å². The molecule has 0 aromatic heterocycles. The SMILES string of the molecule is CC(=O)OCC(NCCc1ccc(C#N)cc1)c1ccccc1. The maximum atomic E-state index is 11.1. The topological polar surface area (TPSA) is 62.1 Å². The van der Waals surface area contributed by atoms with Gasteiger partial charge in [-0.3, -0.25) is 4.79 Å². The lowest BCUT2D eigenvalue weighted by Crippen LogP contribution is -2.28. The van der Waals surface area contributed by atoms with Gasteiger partial charge in [-0.25, -0.2) is 0 Å². The van der Waals surface area contributed by atoms with Crippen molar-refractivity contribution in [1.29, 1.82) is 5.26 Å². The summed E-state index contributed by atoms with van der Waals surface area (Å²) >= 11 is 0. The predicted molar refractivity (Wildman–Crippen MR) is 88.7 cm³/mol. The third-order valence-corrected chi connectivity index (χ3v) is 3.54. The van der Waals surface area contributed by atoms with Gasteiger partial charge in [0.25, 0.3) is 0 Å². The number of rotatable bonds is 7. The van der Waals surface area contributed by atoms with E-state index < -0.39 is 0 Å². The van der Waals surface area contributed by atoms with Gasteiger partial charge in [0.15, 0.2) is 0 Å². The lowest BCUT2D eigenvalue weighted by atomic mass is 10.1. The maximum absolute atomic E-state index is 11.1. The molecule has 0 bridgehead atoms. The summed E-state index contributed by atoms with van der Waals surface area (Å²) in [6.45, 7) is 2.48. The smallest absolute Gasteiger partial charge is 0.302 e. The van der Waals surface area contributed by atoms with Crippen LogP contribution < -0.4 is 5.32 Å². The van der Waals surface area contributed by atoms with Gasteiger partial charge in [0.1, 0.15) is 6.61 Å². The number of benzene rings is 2. The molecule has 0 saturated carbocycles. The Kier molecular flexibility index (Phi) is 6.34. The fourth-order valence-corrected chi connectivity index (χ4v) is 2.30. The first-order valence-electron chi connectivity index (χ1n) is 7.60. The molecule has 0 aliphatic heterocycles. The number of hydrogen-bond donors (Lipinski definition) is 1. The van der Waals surface area contributed by atoms with Gasteiger partial charge >= 0.3 is 5.97 Å². The Bertz CT molecular complexity index is 660.